The van der Waals surface area contributed by atoms with Crippen molar-refractivity contribution in [2.24, 2.45) is 52.1 Å². The quantitative estimate of drug-likeness (QED) is 0.559. The number of rotatable bonds is 4. The third kappa shape index (κ3) is 3.02. The second-order valence-corrected chi connectivity index (χ2v) is 12.3. The van der Waals surface area contributed by atoms with Crippen LogP contribution in [0.2, 0.25) is 0 Å². The van der Waals surface area contributed by atoms with Crippen LogP contribution in [0.25, 0.3) is 0 Å². The van der Waals surface area contributed by atoms with Crippen molar-refractivity contribution in [3.8, 4) is 0 Å². The predicted molar refractivity (Wildman–Crippen MR) is 120 cm³/mol. The zero-order chi connectivity index (χ0) is 20.4. The molecule has 2 heteroatoms. The van der Waals surface area contributed by atoms with Gasteiger partial charge in [-0.15, -0.1) is 0 Å². The van der Waals surface area contributed by atoms with Crippen molar-refractivity contribution in [2.45, 2.75) is 104 Å². The van der Waals surface area contributed by atoms with Gasteiger partial charge in [0.15, 0.2) is 0 Å². The van der Waals surface area contributed by atoms with E-state index in [0.717, 1.165) is 36.1 Å². The zero-order valence-corrected chi connectivity index (χ0v) is 19.5. The van der Waals surface area contributed by atoms with E-state index >= 15 is 0 Å². The van der Waals surface area contributed by atoms with Crippen LogP contribution in [0, 0.1) is 46.3 Å². The summed E-state index contributed by atoms with van der Waals surface area (Å²) in [7, 11) is 0. The molecule has 29 heavy (non-hydrogen) atoms. The lowest BCUT2D eigenvalue weighted by atomic mass is 9.47. The van der Waals surface area contributed by atoms with E-state index < -0.39 is 0 Å². The molecule has 1 aliphatic heterocycles. The molecule has 4 aliphatic carbocycles. The van der Waals surface area contributed by atoms with Crippen molar-refractivity contribution in [3.63, 3.8) is 0 Å². The van der Waals surface area contributed by atoms with E-state index in [1.165, 1.54) is 64.2 Å². The molecule has 164 valence electrons. The van der Waals surface area contributed by atoms with Gasteiger partial charge in [-0.05, 0) is 111 Å². The normalized spacial score (nSPS) is 52.2. The van der Waals surface area contributed by atoms with E-state index in [2.05, 4.69) is 33.8 Å². The highest BCUT2D eigenvalue weighted by atomic mass is 16.5. The Labute approximate surface area is 179 Å². The minimum Gasteiger partial charge on any atom is -0.374 e. The van der Waals surface area contributed by atoms with E-state index in [1.54, 1.807) is 0 Å². The van der Waals surface area contributed by atoms with Crippen LogP contribution in [0.5, 0.6) is 0 Å². The Morgan fingerprint density at radius 3 is 2.83 bits per heavy atom. The van der Waals surface area contributed by atoms with Crippen LogP contribution in [0.3, 0.4) is 0 Å². The minimum atomic E-state index is 0.475. The summed E-state index contributed by atoms with van der Waals surface area (Å²) in [5.41, 5.74) is 8.74. The fourth-order valence-electron chi connectivity index (χ4n) is 9.28. The van der Waals surface area contributed by atoms with Gasteiger partial charge < -0.3 is 10.5 Å². The Kier molecular flexibility index (Phi) is 5.22. The van der Waals surface area contributed by atoms with Gasteiger partial charge in [-0.2, -0.15) is 0 Å². The highest BCUT2D eigenvalue weighted by Gasteiger charge is 2.64. The van der Waals surface area contributed by atoms with Crippen LogP contribution < -0.4 is 5.73 Å². The van der Waals surface area contributed by atoms with E-state index in [9.17, 15) is 0 Å². The minimum absolute atomic E-state index is 0.475. The van der Waals surface area contributed by atoms with Crippen molar-refractivity contribution in [1.82, 2.24) is 0 Å². The smallest absolute Gasteiger partial charge is 0.0618 e. The Balaban J connectivity index is 1.35. The summed E-state index contributed by atoms with van der Waals surface area (Å²) >= 11 is 0. The zero-order valence-electron chi connectivity index (χ0n) is 19.5. The molecule has 0 aromatic heterocycles. The van der Waals surface area contributed by atoms with Gasteiger partial charge in [0.1, 0.15) is 0 Å². The van der Waals surface area contributed by atoms with Crippen LogP contribution in [-0.2, 0) is 4.74 Å². The summed E-state index contributed by atoms with van der Waals surface area (Å²) in [6, 6.07) is 0. The van der Waals surface area contributed by atoms with Crippen molar-refractivity contribution in [3.05, 3.63) is 11.6 Å². The molecule has 1 heterocycles. The fourth-order valence-corrected chi connectivity index (χ4v) is 9.28. The molecule has 5 aliphatic rings. The Morgan fingerprint density at radius 1 is 1.21 bits per heavy atom. The average Bonchev–Trinajstić information content (AvgIpc) is 3.19. The monoisotopic (exact) mass is 399 g/mol. The molecule has 5 rings (SSSR count). The van der Waals surface area contributed by atoms with Crippen molar-refractivity contribution < 1.29 is 4.74 Å². The van der Waals surface area contributed by atoms with Crippen LogP contribution >= 0.6 is 0 Å². The Bertz CT molecular complexity index is 657. The second kappa shape index (κ2) is 7.37. The molecule has 0 aromatic carbocycles. The first-order valence-electron chi connectivity index (χ1n) is 12.9. The predicted octanol–water partition coefficient (Wildman–Crippen LogP) is 6.34. The highest BCUT2D eigenvalue weighted by molar-refractivity contribution is 5.25. The van der Waals surface area contributed by atoms with Crippen molar-refractivity contribution in [1.29, 1.82) is 0 Å². The SMILES string of the molecule is CC(CN)CC[C@H]1O[C@H]2C[C@H]3[C@@H]4CC=C5CCCC[C@]5(C)[C@H]4CC[C@]3(C)[C@H]2[C@@H]1C. The number of nitrogens with two attached hydrogens (primary N) is 1. The molecule has 0 aromatic rings. The molecule has 3 saturated carbocycles. The summed E-state index contributed by atoms with van der Waals surface area (Å²) in [6.07, 6.45) is 17.5. The second-order valence-electron chi connectivity index (χ2n) is 12.3. The van der Waals surface area contributed by atoms with Gasteiger partial charge >= 0.3 is 0 Å². The Morgan fingerprint density at radius 2 is 2.03 bits per heavy atom. The maximum atomic E-state index is 6.80. The van der Waals surface area contributed by atoms with Crippen molar-refractivity contribution in [2.75, 3.05) is 6.54 Å². The lowest BCUT2D eigenvalue weighted by Gasteiger charge is -2.58. The molecule has 4 fully saturated rings. The number of allylic oxidation sites excluding steroid dienone is 2. The van der Waals surface area contributed by atoms with Crippen LogP contribution in [-0.4, -0.2) is 18.8 Å². The van der Waals surface area contributed by atoms with Crippen LogP contribution in [0.4, 0.5) is 0 Å². The summed E-state index contributed by atoms with van der Waals surface area (Å²) in [4.78, 5) is 0. The summed E-state index contributed by atoms with van der Waals surface area (Å²) in [5, 5.41) is 0. The summed E-state index contributed by atoms with van der Waals surface area (Å²) < 4.78 is 6.80. The van der Waals surface area contributed by atoms with Crippen LogP contribution in [0.1, 0.15) is 91.9 Å². The van der Waals surface area contributed by atoms with Crippen LogP contribution in [0.15, 0.2) is 11.6 Å². The number of hydrogen-bond acceptors (Lipinski definition) is 2. The van der Waals surface area contributed by atoms with Gasteiger partial charge in [0.05, 0.1) is 12.2 Å². The average molecular weight is 400 g/mol. The standard InChI is InChI=1S/C27H45NO/c1-17(16-28)8-11-23-18(2)25-24(29-23)15-22-20-10-9-19-7-5-6-13-26(19,3)21(20)12-14-27(22,25)4/h9,17-18,20-25H,5-8,10-16,28H2,1-4H3/t17?,18-,20-,21+,22+,23-,24+,25+,26+,27+/m1/s1. The lowest BCUT2D eigenvalue weighted by Crippen LogP contribution is -2.50. The molecule has 1 unspecified atom stereocenters. The van der Waals surface area contributed by atoms with E-state index in [4.69, 9.17) is 10.5 Å². The van der Waals surface area contributed by atoms with Gasteiger partial charge in [-0.3, -0.25) is 0 Å². The van der Waals surface area contributed by atoms with E-state index in [0.29, 0.717) is 29.0 Å². The molecular weight excluding hydrogens is 354 g/mol. The van der Waals surface area contributed by atoms with E-state index in [-0.39, 0.29) is 0 Å². The van der Waals surface area contributed by atoms with Gasteiger partial charge in [0.2, 0.25) is 0 Å². The first kappa shape index (κ1) is 20.6. The largest absolute Gasteiger partial charge is 0.374 e. The molecule has 0 bridgehead atoms. The van der Waals surface area contributed by atoms with Gasteiger partial charge in [-0.25, -0.2) is 0 Å². The van der Waals surface area contributed by atoms with Crippen molar-refractivity contribution >= 4 is 0 Å². The first-order chi connectivity index (χ1) is 13.9. The molecule has 0 spiro atoms. The summed E-state index contributed by atoms with van der Waals surface area (Å²) in [5.74, 6) is 4.88. The molecule has 0 amide bonds. The first-order valence-corrected chi connectivity index (χ1v) is 12.9. The molecule has 10 atom stereocenters. The van der Waals surface area contributed by atoms with Gasteiger partial charge in [0, 0.05) is 0 Å². The molecule has 1 saturated heterocycles. The third-order valence-electron chi connectivity index (χ3n) is 11.0. The molecular formula is C27H45NO. The fraction of sp³-hybridized carbons (Fsp3) is 0.926. The van der Waals surface area contributed by atoms with Gasteiger partial charge in [-0.1, -0.05) is 45.8 Å². The molecule has 2 nitrogen and oxygen atoms in total. The molecule has 2 N–H and O–H groups in total. The maximum absolute atomic E-state index is 6.80. The Hall–Kier alpha value is -0.340. The topological polar surface area (TPSA) is 35.2 Å². The highest BCUT2D eigenvalue weighted by Crippen LogP contribution is 2.69. The number of fused-ring (bicyclic) bond motifs is 7. The number of hydrogen-bond donors (Lipinski definition) is 1. The third-order valence-corrected chi connectivity index (χ3v) is 11.0. The summed E-state index contributed by atoms with van der Waals surface area (Å²) in [6.45, 7) is 10.9. The number of ether oxygens (including phenoxy) is 1. The lowest BCUT2D eigenvalue weighted by molar-refractivity contribution is -0.0520. The van der Waals surface area contributed by atoms with Gasteiger partial charge in [0.25, 0.3) is 0 Å². The molecule has 0 radical (unpaired) electrons. The maximum Gasteiger partial charge on any atom is 0.0618 e. The van der Waals surface area contributed by atoms with E-state index in [1.807, 2.05) is 5.57 Å².